The second-order valence-electron chi connectivity index (χ2n) is 2.46. The van der Waals surface area contributed by atoms with Gasteiger partial charge in [-0.3, -0.25) is 0 Å². The summed E-state index contributed by atoms with van der Waals surface area (Å²) in [5.74, 6) is 0.612. The molecule has 66 valence electrons. The highest BCUT2D eigenvalue weighted by atomic mass is 16.5. The Morgan fingerprint density at radius 2 is 2.23 bits per heavy atom. The Hall–Kier alpha value is -1.79. The molecule has 1 aliphatic rings. The molecule has 1 N–H and O–H groups in total. The molecule has 2 nitrogen and oxygen atoms in total. The second-order valence-corrected chi connectivity index (χ2v) is 2.46. The predicted octanol–water partition coefficient (Wildman–Crippen LogP) is 2.37. The zero-order chi connectivity index (χ0) is 9.68. The number of allylic oxidation sites excluding steroid dienone is 6. The minimum atomic E-state index is 0.436. The molecule has 0 saturated heterocycles. The van der Waals surface area contributed by atoms with Gasteiger partial charge < -0.3 is 10.1 Å². The van der Waals surface area contributed by atoms with Crippen molar-refractivity contribution in [3.8, 4) is 0 Å². The van der Waals surface area contributed by atoms with Crippen LogP contribution in [0, 0.1) is 5.41 Å². The van der Waals surface area contributed by atoms with Crippen LogP contribution in [0.2, 0.25) is 0 Å². The number of hydrogen-bond acceptors (Lipinski definition) is 2. The van der Waals surface area contributed by atoms with Gasteiger partial charge in [-0.2, -0.15) is 0 Å². The highest BCUT2D eigenvalue weighted by Crippen LogP contribution is 2.13. The molecule has 0 heterocycles. The van der Waals surface area contributed by atoms with Crippen LogP contribution in [0.4, 0.5) is 0 Å². The van der Waals surface area contributed by atoms with Crippen molar-refractivity contribution in [1.29, 1.82) is 5.41 Å². The Morgan fingerprint density at radius 1 is 1.54 bits per heavy atom. The summed E-state index contributed by atoms with van der Waals surface area (Å²) in [5.41, 5.74) is 3.81. The Labute approximate surface area is 77.7 Å². The fraction of sp³-hybridized carbons (Fsp3) is 0.0909. The molecule has 0 amide bonds. The van der Waals surface area contributed by atoms with E-state index >= 15 is 0 Å². The Balaban J connectivity index is 3.14. The van der Waals surface area contributed by atoms with E-state index in [9.17, 15) is 0 Å². The minimum absolute atomic E-state index is 0.436. The lowest BCUT2D eigenvalue weighted by atomic mass is 10.0. The van der Waals surface area contributed by atoms with Gasteiger partial charge in [0.2, 0.25) is 0 Å². The molecule has 0 bridgehead atoms. The molecule has 2 heteroatoms. The van der Waals surface area contributed by atoms with Crippen LogP contribution in [0.3, 0.4) is 0 Å². The lowest BCUT2D eigenvalue weighted by Crippen LogP contribution is -2.02. The molecular weight excluding hydrogens is 162 g/mol. The summed E-state index contributed by atoms with van der Waals surface area (Å²) >= 11 is 0. The molecule has 1 rings (SSSR count). The first-order valence-corrected chi connectivity index (χ1v) is 3.87. The highest BCUT2D eigenvalue weighted by Gasteiger charge is 2.07. The second kappa shape index (κ2) is 4.29. The Bertz CT molecular complexity index is 352. The predicted molar refractivity (Wildman–Crippen MR) is 53.8 cm³/mol. The maximum absolute atomic E-state index is 7.61. The van der Waals surface area contributed by atoms with Gasteiger partial charge >= 0.3 is 0 Å². The van der Waals surface area contributed by atoms with Crippen molar-refractivity contribution in [2.75, 3.05) is 7.11 Å². The van der Waals surface area contributed by atoms with Crippen molar-refractivity contribution >= 4 is 5.71 Å². The first kappa shape index (κ1) is 9.30. The molecule has 0 aromatic carbocycles. The van der Waals surface area contributed by atoms with Crippen LogP contribution in [0.5, 0.6) is 0 Å². The normalized spacial score (nSPS) is 18.1. The third-order valence-corrected chi connectivity index (χ3v) is 1.65. The van der Waals surface area contributed by atoms with E-state index in [1.54, 1.807) is 19.3 Å². The molecule has 0 aromatic heterocycles. The third kappa shape index (κ3) is 2.08. The lowest BCUT2D eigenvalue weighted by Gasteiger charge is -2.08. The van der Waals surface area contributed by atoms with E-state index in [1.807, 2.05) is 18.2 Å². The van der Waals surface area contributed by atoms with Crippen LogP contribution in [-0.4, -0.2) is 12.8 Å². The maximum Gasteiger partial charge on any atom is 0.135 e. The number of methoxy groups -OCH3 is 1. The lowest BCUT2D eigenvalue weighted by molar-refractivity contribution is 0.305. The van der Waals surface area contributed by atoms with Crippen LogP contribution in [-0.2, 0) is 4.74 Å². The van der Waals surface area contributed by atoms with Gasteiger partial charge in [0.05, 0.1) is 12.8 Å². The van der Waals surface area contributed by atoms with Gasteiger partial charge in [0.1, 0.15) is 5.76 Å². The summed E-state index contributed by atoms with van der Waals surface area (Å²) in [5, 5.41) is 7.61. The van der Waals surface area contributed by atoms with Crippen molar-refractivity contribution in [2.24, 2.45) is 0 Å². The van der Waals surface area contributed by atoms with Crippen molar-refractivity contribution in [3.05, 3.63) is 54.0 Å². The van der Waals surface area contributed by atoms with Crippen LogP contribution in [0.1, 0.15) is 0 Å². The number of nitrogens with one attached hydrogen (secondary N) is 1. The van der Waals surface area contributed by atoms with Gasteiger partial charge in [-0.1, -0.05) is 18.7 Å². The van der Waals surface area contributed by atoms with Gasteiger partial charge in [0.15, 0.2) is 0 Å². The van der Waals surface area contributed by atoms with Crippen molar-refractivity contribution in [1.82, 2.24) is 0 Å². The van der Waals surface area contributed by atoms with E-state index in [1.165, 1.54) is 0 Å². The Kier molecular flexibility index (Phi) is 3.07. The van der Waals surface area contributed by atoms with Crippen molar-refractivity contribution in [3.63, 3.8) is 0 Å². The molecule has 0 spiro atoms. The van der Waals surface area contributed by atoms with Gasteiger partial charge in [0.25, 0.3) is 0 Å². The van der Waals surface area contributed by atoms with Crippen LogP contribution in [0.15, 0.2) is 54.0 Å². The molecular formula is C11H11NO. The first-order valence-electron chi connectivity index (χ1n) is 3.87. The maximum atomic E-state index is 7.61. The Morgan fingerprint density at radius 3 is 2.77 bits per heavy atom. The molecule has 0 aromatic rings. The van der Waals surface area contributed by atoms with Crippen molar-refractivity contribution in [2.45, 2.75) is 0 Å². The van der Waals surface area contributed by atoms with E-state index in [-0.39, 0.29) is 0 Å². The van der Waals surface area contributed by atoms with E-state index in [4.69, 9.17) is 10.1 Å². The van der Waals surface area contributed by atoms with Crippen molar-refractivity contribution < 1.29 is 4.74 Å². The summed E-state index contributed by atoms with van der Waals surface area (Å²) in [7, 11) is 1.57. The highest BCUT2D eigenvalue weighted by molar-refractivity contribution is 6.10. The first-order chi connectivity index (χ1) is 6.29. The van der Waals surface area contributed by atoms with E-state index in [0.29, 0.717) is 11.5 Å². The standard InChI is InChI=1S/C11H11NO/c1-3-6-11(13-2)9-7-4-5-8-10(9)12/h4-8,12H,1H2,2H3/b11-9+,12-10?. The van der Waals surface area contributed by atoms with Gasteiger partial charge in [-0.25, -0.2) is 0 Å². The molecule has 0 fully saturated rings. The minimum Gasteiger partial charge on any atom is -0.495 e. The van der Waals surface area contributed by atoms with E-state index in [2.05, 4.69) is 12.3 Å². The smallest absolute Gasteiger partial charge is 0.135 e. The molecule has 13 heavy (non-hydrogen) atoms. The van der Waals surface area contributed by atoms with Gasteiger partial charge in [-0.05, 0) is 12.2 Å². The number of rotatable bonds is 2. The van der Waals surface area contributed by atoms with E-state index in [0.717, 1.165) is 5.57 Å². The molecule has 0 radical (unpaired) electrons. The number of ether oxygens (including phenoxy) is 1. The summed E-state index contributed by atoms with van der Waals surface area (Å²) in [6, 6.07) is 0. The fourth-order valence-corrected chi connectivity index (χ4v) is 1.04. The molecule has 0 atom stereocenters. The molecule has 0 aliphatic heterocycles. The SMILES string of the molecule is C=C=C/C(OC)=C1/C=CC=CC1=N. The molecule has 0 saturated carbocycles. The van der Waals surface area contributed by atoms with Gasteiger partial charge in [0, 0.05) is 11.6 Å². The van der Waals surface area contributed by atoms with Gasteiger partial charge in [-0.15, -0.1) is 5.73 Å². The summed E-state index contributed by atoms with van der Waals surface area (Å²) < 4.78 is 5.10. The van der Waals surface area contributed by atoms with Crippen LogP contribution in [0.25, 0.3) is 0 Å². The number of hydrogen-bond donors (Lipinski definition) is 1. The average Bonchev–Trinajstić information content (AvgIpc) is 2.16. The summed E-state index contributed by atoms with van der Waals surface area (Å²) in [6.45, 7) is 3.46. The van der Waals surface area contributed by atoms with Crippen LogP contribution < -0.4 is 0 Å². The zero-order valence-electron chi connectivity index (χ0n) is 7.50. The summed E-state index contributed by atoms with van der Waals surface area (Å²) in [4.78, 5) is 0. The average molecular weight is 173 g/mol. The molecule has 1 aliphatic carbocycles. The fourth-order valence-electron chi connectivity index (χ4n) is 1.04. The largest absolute Gasteiger partial charge is 0.495 e. The monoisotopic (exact) mass is 173 g/mol. The molecule has 0 unspecified atom stereocenters. The zero-order valence-corrected chi connectivity index (χ0v) is 7.50. The third-order valence-electron chi connectivity index (χ3n) is 1.65. The van der Waals surface area contributed by atoms with E-state index < -0.39 is 0 Å². The summed E-state index contributed by atoms with van der Waals surface area (Å²) in [6.07, 6.45) is 8.84. The quantitative estimate of drug-likeness (QED) is 0.504. The van der Waals surface area contributed by atoms with Crippen LogP contribution >= 0.6 is 0 Å². The topological polar surface area (TPSA) is 33.1 Å².